The quantitative estimate of drug-likeness (QED) is 0.870. The number of thiophene rings is 1. The van der Waals surface area contributed by atoms with Crippen LogP contribution in [0.5, 0.6) is 0 Å². The van der Waals surface area contributed by atoms with Crippen molar-refractivity contribution in [2.75, 3.05) is 32.0 Å². The molecule has 0 aliphatic carbocycles. The fourth-order valence-electron chi connectivity index (χ4n) is 3.67. The molecule has 27 heavy (non-hydrogen) atoms. The van der Waals surface area contributed by atoms with Gasteiger partial charge in [0.15, 0.2) is 0 Å². The topological polar surface area (TPSA) is 78.4 Å². The highest BCUT2D eigenvalue weighted by atomic mass is 32.1. The number of likely N-dealkylation sites (tertiary alicyclic amines) is 1. The van der Waals surface area contributed by atoms with Crippen molar-refractivity contribution in [2.24, 2.45) is 0 Å². The largest absolute Gasteiger partial charge is 0.357 e. The molecule has 2 aromatic heterocycles. The van der Waals surface area contributed by atoms with Crippen LogP contribution >= 0.6 is 11.3 Å². The van der Waals surface area contributed by atoms with Crippen LogP contribution < -0.4 is 5.32 Å². The first-order valence-electron chi connectivity index (χ1n) is 9.31. The third-order valence-electron chi connectivity index (χ3n) is 5.17. The lowest BCUT2D eigenvalue weighted by atomic mass is 10.0. The van der Waals surface area contributed by atoms with Gasteiger partial charge in [-0.25, -0.2) is 9.97 Å². The van der Waals surface area contributed by atoms with Gasteiger partial charge in [0.25, 0.3) is 5.91 Å². The van der Waals surface area contributed by atoms with Gasteiger partial charge in [-0.05, 0) is 35.2 Å². The second-order valence-electron chi connectivity index (χ2n) is 6.94. The fourth-order valence-corrected chi connectivity index (χ4v) is 4.33. The molecule has 0 bridgehead atoms. The van der Waals surface area contributed by atoms with Gasteiger partial charge in [-0.3, -0.25) is 9.59 Å². The number of carbonyl (C=O) groups excluding carboxylic acids is 2. The molecule has 0 radical (unpaired) electrons. The Morgan fingerprint density at radius 2 is 2.00 bits per heavy atom. The zero-order chi connectivity index (χ0) is 18.8. The Bertz CT molecular complexity index is 846. The summed E-state index contributed by atoms with van der Waals surface area (Å²) in [4.78, 5) is 38.4. The number of carbonyl (C=O) groups is 2. The molecule has 1 saturated heterocycles. The minimum Gasteiger partial charge on any atom is -0.357 e. The van der Waals surface area contributed by atoms with E-state index in [4.69, 9.17) is 0 Å². The molecular weight excluding hydrogens is 362 g/mol. The summed E-state index contributed by atoms with van der Waals surface area (Å²) in [6.45, 7) is 2.56. The molecule has 0 aromatic carbocycles. The van der Waals surface area contributed by atoms with Gasteiger partial charge in [0.2, 0.25) is 11.9 Å². The molecule has 0 saturated carbocycles. The highest BCUT2D eigenvalue weighted by Crippen LogP contribution is 2.25. The van der Waals surface area contributed by atoms with E-state index in [0.717, 1.165) is 42.8 Å². The minimum atomic E-state index is -0.0465. The van der Waals surface area contributed by atoms with E-state index in [9.17, 15) is 9.59 Å². The van der Waals surface area contributed by atoms with Crippen molar-refractivity contribution in [3.05, 3.63) is 39.3 Å². The van der Waals surface area contributed by atoms with Gasteiger partial charge in [-0.1, -0.05) is 0 Å². The second kappa shape index (κ2) is 7.64. The lowest BCUT2D eigenvalue weighted by molar-refractivity contribution is -0.131. The zero-order valence-corrected chi connectivity index (χ0v) is 16.2. The molecule has 0 atom stereocenters. The second-order valence-corrected chi connectivity index (χ2v) is 7.72. The minimum absolute atomic E-state index is 0.0465. The van der Waals surface area contributed by atoms with Gasteiger partial charge in [0, 0.05) is 45.2 Å². The Morgan fingerprint density at radius 3 is 2.70 bits per heavy atom. The summed E-state index contributed by atoms with van der Waals surface area (Å²) in [5.41, 5.74) is 3.15. The van der Waals surface area contributed by atoms with E-state index in [1.807, 2.05) is 26.6 Å². The maximum Gasteiger partial charge on any atom is 0.273 e. The third kappa shape index (κ3) is 3.66. The number of anilines is 1. The standard InChI is InChI=1S/C19H23N5O2S/c1-20-19-21-15-4-8-24(16(25)10-13-5-9-27-12-13)11-14(15)17(22-19)18(26)23-6-2-3-7-23/h5,9,12H,2-4,6-8,10-11H2,1H3,(H,20,21,22). The molecule has 2 aromatic rings. The molecule has 7 nitrogen and oxygen atoms in total. The summed E-state index contributed by atoms with van der Waals surface area (Å²) in [6.07, 6.45) is 3.10. The Kier molecular flexibility index (Phi) is 5.07. The number of amides is 2. The molecule has 142 valence electrons. The molecule has 4 rings (SSSR count). The first-order chi connectivity index (χ1) is 13.2. The predicted molar refractivity (Wildman–Crippen MR) is 104 cm³/mol. The van der Waals surface area contributed by atoms with Crippen molar-refractivity contribution >= 4 is 29.1 Å². The third-order valence-corrected chi connectivity index (χ3v) is 5.90. The Balaban J connectivity index is 1.60. The highest BCUT2D eigenvalue weighted by molar-refractivity contribution is 7.08. The lowest BCUT2D eigenvalue weighted by Crippen LogP contribution is -2.39. The first-order valence-corrected chi connectivity index (χ1v) is 10.3. The fraction of sp³-hybridized carbons (Fsp3) is 0.474. The molecule has 1 fully saturated rings. The van der Waals surface area contributed by atoms with E-state index in [1.165, 1.54) is 0 Å². The summed E-state index contributed by atoms with van der Waals surface area (Å²) < 4.78 is 0. The van der Waals surface area contributed by atoms with Crippen molar-refractivity contribution in [3.8, 4) is 0 Å². The Hall–Kier alpha value is -2.48. The average molecular weight is 385 g/mol. The van der Waals surface area contributed by atoms with E-state index in [2.05, 4.69) is 15.3 Å². The van der Waals surface area contributed by atoms with Crippen molar-refractivity contribution in [2.45, 2.75) is 32.2 Å². The van der Waals surface area contributed by atoms with Gasteiger partial charge < -0.3 is 15.1 Å². The van der Waals surface area contributed by atoms with Crippen LogP contribution in [-0.4, -0.2) is 58.3 Å². The molecule has 1 N–H and O–H groups in total. The van der Waals surface area contributed by atoms with E-state index >= 15 is 0 Å². The number of nitrogens with one attached hydrogen (secondary N) is 1. The van der Waals surface area contributed by atoms with Crippen LogP contribution in [0.3, 0.4) is 0 Å². The van der Waals surface area contributed by atoms with Crippen molar-refractivity contribution < 1.29 is 9.59 Å². The highest BCUT2D eigenvalue weighted by Gasteiger charge is 2.30. The van der Waals surface area contributed by atoms with Gasteiger partial charge in [-0.15, -0.1) is 0 Å². The maximum absolute atomic E-state index is 13.0. The van der Waals surface area contributed by atoms with Crippen LogP contribution in [0.25, 0.3) is 0 Å². The maximum atomic E-state index is 13.0. The molecule has 0 unspecified atom stereocenters. The Morgan fingerprint density at radius 1 is 1.19 bits per heavy atom. The van der Waals surface area contributed by atoms with Gasteiger partial charge >= 0.3 is 0 Å². The summed E-state index contributed by atoms with van der Waals surface area (Å²) in [5.74, 6) is 0.500. The summed E-state index contributed by atoms with van der Waals surface area (Å²) in [5, 5.41) is 6.93. The van der Waals surface area contributed by atoms with Crippen LogP contribution in [0.2, 0.25) is 0 Å². The average Bonchev–Trinajstić information content (AvgIpc) is 3.40. The van der Waals surface area contributed by atoms with Crippen molar-refractivity contribution in [3.63, 3.8) is 0 Å². The normalized spacial score (nSPS) is 16.3. The number of hydrogen-bond acceptors (Lipinski definition) is 6. The number of aromatic nitrogens is 2. The molecule has 2 amide bonds. The van der Waals surface area contributed by atoms with E-state index < -0.39 is 0 Å². The first kappa shape index (κ1) is 17.9. The molecule has 2 aliphatic heterocycles. The van der Waals surface area contributed by atoms with Gasteiger partial charge in [0.05, 0.1) is 12.1 Å². The molecule has 4 heterocycles. The van der Waals surface area contributed by atoms with E-state index in [1.54, 1.807) is 18.4 Å². The summed E-state index contributed by atoms with van der Waals surface area (Å²) in [7, 11) is 1.76. The number of fused-ring (bicyclic) bond motifs is 1. The van der Waals surface area contributed by atoms with E-state index in [-0.39, 0.29) is 11.8 Å². The van der Waals surface area contributed by atoms with E-state index in [0.29, 0.717) is 37.6 Å². The number of nitrogens with zero attached hydrogens (tertiary/aromatic N) is 4. The molecule has 8 heteroatoms. The SMILES string of the molecule is CNc1nc2c(c(C(=O)N3CCCC3)n1)CN(C(=O)Cc1ccsc1)CC2. The summed E-state index contributed by atoms with van der Waals surface area (Å²) in [6, 6.07) is 1.98. The van der Waals surface area contributed by atoms with Crippen LogP contribution in [0, 0.1) is 0 Å². The van der Waals surface area contributed by atoms with Crippen LogP contribution in [-0.2, 0) is 24.2 Å². The van der Waals surface area contributed by atoms with Gasteiger partial charge in [0.1, 0.15) is 5.69 Å². The van der Waals surface area contributed by atoms with Crippen LogP contribution in [0.4, 0.5) is 5.95 Å². The van der Waals surface area contributed by atoms with Crippen LogP contribution in [0.15, 0.2) is 16.8 Å². The van der Waals surface area contributed by atoms with Crippen molar-refractivity contribution in [1.29, 1.82) is 0 Å². The molecule has 0 spiro atoms. The van der Waals surface area contributed by atoms with Crippen molar-refractivity contribution in [1.82, 2.24) is 19.8 Å². The smallest absolute Gasteiger partial charge is 0.273 e. The summed E-state index contributed by atoms with van der Waals surface area (Å²) >= 11 is 1.59. The lowest BCUT2D eigenvalue weighted by Gasteiger charge is -2.30. The Labute approximate surface area is 162 Å². The monoisotopic (exact) mass is 385 g/mol. The van der Waals surface area contributed by atoms with Crippen LogP contribution in [0.1, 0.15) is 40.2 Å². The zero-order valence-electron chi connectivity index (χ0n) is 15.4. The number of rotatable bonds is 4. The molecular formula is C19H23N5O2S. The molecule has 2 aliphatic rings. The number of hydrogen-bond donors (Lipinski definition) is 1. The van der Waals surface area contributed by atoms with Gasteiger partial charge in [-0.2, -0.15) is 11.3 Å². The predicted octanol–water partition coefficient (Wildman–Crippen LogP) is 1.94.